The number of fused-ring (bicyclic) bond motifs is 1. The van der Waals surface area contributed by atoms with Crippen molar-refractivity contribution < 1.29 is 9.59 Å². The Bertz CT molecular complexity index is 1310. The number of carbonyl (C=O) groups excluding carboxylic acids is 2. The minimum atomic E-state index is -0.0968. The van der Waals surface area contributed by atoms with Gasteiger partial charge in [-0.25, -0.2) is 4.98 Å². The summed E-state index contributed by atoms with van der Waals surface area (Å²) in [6, 6.07) is 6.20. The van der Waals surface area contributed by atoms with E-state index in [-0.39, 0.29) is 29.8 Å². The topological polar surface area (TPSA) is 93.0 Å². The quantitative estimate of drug-likeness (QED) is 0.595. The minimum absolute atomic E-state index is 0.0822. The second kappa shape index (κ2) is 8.29. The zero-order valence-corrected chi connectivity index (χ0v) is 20.3. The molecule has 0 radical (unpaired) electrons. The molecule has 8 nitrogen and oxygen atoms in total. The average Bonchev–Trinajstić information content (AvgIpc) is 3.27. The van der Waals surface area contributed by atoms with E-state index in [0.29, 0.717) is 17.4 Å². The average molecular weight is 471 g/mol. The molecular weight excluding hydrogens is 440 g/mol. The number of hydrogen-bond acceptors (Lipinski definition) is 5. The number of nitrogens with zero attached hydrogens (tertiary/aromatic N) is 5. The molecule has 0 spiro atoms. The van der Waals surface area contributed by atoms with Gasteiger partial charge in [-0.2, -0.15) is 5.10 Å². The molecule has 180 valence electrons. The van der Waals surface area contributed by atoms with Gasteiger partial charge in [0.2, 0.25) is 5.91 Å². The molecule has 8 heteroatoms. The molecule has 1 aliphatic heterocycles. The summed E-state index contributed by atoms with van der Waals surface area (Å²) in [6.07, 6.45) is 9.95. The molecule has 1 saturated heterocycles. The van der Waals surface area contributed by atoms with Crippen molar-refractivity contribution in [2.75, 3.05) is 11.4 Å². The van der Waals surface area contributed by atoms with Crippen LogP contribution in [0.2, 0.25) is 0 Å². The number of rotatable bonds is 6. The molecule has 3 fully saturated rings. The number of hydrogen-bond donors (Lipinski definition) is 1. The fraction of sp³-hybridized carbons (Fsp3) is 0.444. The van der Waals surface area contributed by atoms with Crippen molar-refractivity contribution in [2.24, 2.45) is 11.8 Å². The summed E-state index contributed by atoms with van der Waals surface area (Å²) in [4.78, 5) is 36.1. The van der Waals surface area contributed by atoms with Crippen molar-refractivity contribution in [3.63, 3.8) is 0 Å². The van der Waals surface area contributed by atoms with Crippen LogP contribution in [-0.2, 0) is 4.79 Å². The van der Waals surface area contributed by atoms with Crippen LogP contribution in [0.3, 0.4) is 0 Å². The summed E-state index contributed by atoms with van der Waals surface area (Å²) in [5, 5.41) is 7.59. The van der Waals surface area contributed by atoms with Gasteiger partial charge >= 0.3 is 0 Å². The highest BCUT2D eigenvalue weighted by molar-refractivity contribution is 5.99. The molecule has 2 amide bonds. The summed E-state index contributed by atoms with van der Waals surface area (Å²) in [6.45, 7) is 6.93. The second-order valence-electron chi connectivity index (χ2n) is 10.4. The summed E-state index contributed by atoms with van der Waals surface area (Å²) in [5.74, 6) is 1.98. The van der Waals surface area contributed by atoms with Gasteiger partial charge in [0.25, 0.3) is 5.91 Å². The SMILES string of the molecule is Cc1ccnc([C@H]2C[C@@H](NC(=O)c3cnn([C@@H](C)c4cnc(N5C[C@H]6C[C@H]6C5=O)cc4C)c3)C2)c1. The lowest BCUT2D eigenvalue weighted by Crippen LogP contribution is -2.43. The van der Waals surface area contributed by atoms with Crippen LogP contribution in [0.15, 0.2) is 43.0 Å². The van der Waals surface area contributed by atoms with Gasteiger partial charge in [0.1, 0.15) is 5.82 Å². The molecule has 1 N–H and O–H groups in total. The van der Waals surface area contributed by atoms with Crippen LogP contribution in [0.5, 0.6) is 0 Å². The number of aryl methyl sites for hydroxylation is 2. The van der Waals surface area contributed by atoms with E-state index in [1.165, 1.54) is 5.56 Å². The number of nitrogens with one attached hydrogen (secondary N) is 1. The molecule has 3 atom stereocenters. The van der Waals surface area contributed by atoms with Gasteiger partial charge in [-0.05, 0) is 80.8 Å². The highest BCUT2D eigenvalue weighted by atomic mass is 16.2. The normalized spacial score (nSPS) is 25.7. The highest BCUT2D eigenvalue weighted by Crippen LogP contribution is 2.47. The molecule has 2 saturated carbocycles. The molecule has 0 aromatic carbocycles. The lowest BCUT2D eigenvalue weighted by atomic mass is 9.77. The van der Waals surface area contributed by atoms with Crippen LogP contribution < -0.4 is 10.2 Å². The molecule has 3 aromatic heterocycles. The number of carbonyl (C=O) groups is 2. The standard InChI is InChI=1S/C27H30N6O2/c1-15-4-5-28-24(6-15)18-8-21(9-18)31-26(34)20-11-30-33(14-20)17(3)23-12-29-25(7-16(23)2)32-13-19-10-22(19)27(32)35/h4-7,11-12,14,17-19,21-22H,8-10,13H2,1-3H3,(H,31,34)/t17-,18-,19+,21+,22+/m0/s1. The number of pyridine rings is 2. The molecule has 3 aliphatic rings. The lowest BCUT2D eigenvalue weighted by molar-refractivity contribution is -0.118. The van der Waals surface area contributed by atoms with E-state index in [1.54, 1.807) is 17.1 Å². The second-order valence-corrected chi connectivity index (χ2v) is 10.4. The molecule has 35 heavy (non-hydrogen) atoms. The summed E-state index contributed by atoms with van der Waals surface area (Å²) in [5.41, 5.74) is 4.96. The van der Waals surface area contributed by atoms with E-state index < -0.39 is 0 Å². The van der Waals surface area contributed by atoms with E-state index >= 15 is 0 Å². The fourth-order valence-corrected chi connectivity index (χ4v) is 5.46. The van der Waals surface area contributed by atoms with Crippen molar-refractivity contribution in [2.45, 2.75) is 58.0 Å². The predicted octanol–water partition coefficient (Wildman–Crippen LogP) is 3.56. The van der Waals surface area contributed by atoms with Crippen molar-refractivity contribution in [3.8, 4) is 0 Å². The summed E-state index contributed by atoms with van der Waals surface area (Å²) >= 11 is 0. The van der Waals surface area contributed by atoms with Gasteiger partial charge in [0, 0.05) is 48.7 Å². The van der Waals surface area contributed by atoms with Gasteiger partial charge < -0.3 is 5.32 Å². The third kappa shape index (κ3) is 4.00. The van der Waals surface area contributed by atoms with Crippen LogP contribution in [-0.4, -0.2) is 44.1 Å². The Morgan fingerprint density at radius 1 is 1.14 bits per heavy atom. The summed E-state index contributed by atoms with van der Waals surface area (Å²) in [7, 11) is 0. The first-order valence-electron chi connectivity index (χ1n) is 12.4. The van der Waals surface area contributed by atoms with Gasteiger partial charge in [0.15, 0.2) is 0 Å². The molecule has 4 heterocycles. The van der Waals surface area contributed by atoms with Gasteiger partial charge in [-0.15, -0.1) is 0 Å². The Morgan fingerprint density at radius 3 is 2.69 bits per heavy atom. The molecular formula is C27H30N6O2. The Labute approximate surface area is 204 Å². The van der Waals surface area contributed by atoms with Crippen molar-refractivity contribution in [3.05, 3.63) is 70.9 Å². The third-order valence-corrected chi connectivity index (χ3v) is 7.88. The van der Waals surface area contributed by atoms with Gasteiger partial charge in [-0.1, -0.05) is 0 Å². The van der Waals surface area contributed by atoms with Crippen molar-refractivity contribution >= 4 is 17.6 Å². The number of piperidine rings is 1. The largest absolute Gasteiger partial charge is 0.349 e. The Balaban J connectivity index is 1.08. The van der Waals surface area contributed by atoms with Crippen LogP contribution in [0.4, 0.5) is 5.82 Å². The fourth-order valence-electron chi connectivity index (χ4n) is 5.46. The van der Waals surface area contributed by atoms with Crippen LogP contribution in [0.1, 0.15) is 70.9 Å². The zero-order chi connectivity index (χ0) is 24.3. The van der Waals surface area contributed by atoms with Gasteiger partial charge in [-0.3, -0.25) is 24.2 Å². The third-order valence-electron chi connectivity index (χ3n) is 7.88. The smallest absolute Gasteiger partial charge is 0.254 e. The van der Waals surface area contributed by atoms with Crippen LogP contribution in [0, 0.1) is 25.7 Å². The maximum absolute atomic E-state index is 12.8. The Kier molecular flexibility index (Phi) is 5.20. The first-order chi connectivity index (χ1) is 16.9. The molecule has 0 unspecified atom stereocenters. The van der Waals surface area contributed by atoms with E-state index in [2.05, 4.69) is 33.4 Å². The molecule has 0 bridgehead atoms. The molecule has 3 aromatic rings. The van der Waals surface area contributed by atoms with Crippen molar-refractivity contribution in [1.82, 2.24) is 25.1 Å². The maximum atomic E-state index is 12.8. The first-order valence-corrected chi connectivity index (χ1v) is 12.4. The predicted molar refractivity (Wildman–Crippen MR) is 131 cm³/mol. The van der Waals surface area contributed by atoms with E-state index in [0.717, 1.165) is 48.4 Å². The summed E-state index contributed by atoms with van der Waals surface area (Å²) < 4.78 is 1.80. The zero-order valence-electron chi connectivity index (χ0n) is 20.3. The molecule has 2 aliphatic carbocycles. The Hall–Kier alpha value is -3.55. The number of amides is 2. The van der Waals surface area contributed by atoms with Crippen LogP contribution >= 0.6 is 0 Å². The first kappa shape index (κ1) is 21.9. The van der Waals surface area contributed by atoms with Crippen LogP contribution in [0.25, 0.3) is 0 Å². The molecule has 6 rings (SSSR count). The van der Waals surface area contributed by atoms with E-state index in [1.807, 2.05) is 43.3 Å². The lowest BCUT2D eigenvalue weighted by Gasteiger charge is -2.35. The number of anilines is 1. The Morgan fingerprint density at radius 2 is 1.97 bits per heavy atom. The van der Waals surface area contributed by atoms with Crippen molar-refractivity contribution in [1.29, 1.82) is 0 Å². The minimum Gasteiger partial charge on any atom is -0.349 e. The highest BCUT2D eigenvalue weighted by Gasteiger charge is 2.52. The number of aromatic nitrogens is 4. The maximum Gasteiger partial charge on any atom is 0.254 e. The monoisotopic (exact) mass is 470 g/mol. The van der Waals surface area contributed by atoms with Gasteiger partial charge in [0.05, 0.1) is 17.8 Å². The van der Waals surface area contributed by atoms with E-state index in [9.17, 15) is 9.59 Å². The van der Waals surface area contributed by atoms with E-state index in [4.69, 9.17) is 0 Å².